The van der Waals surface area contributed by atoms with Gasteiger partial charge in [0, 0.05) is 0 Å². The Morgan fingerprint density at radius 2 is 2.25 bits per heavy atom. The van der Waals surface area contributed by atoms with Crippen LogP contribution in [0.15, 0.2) is 11.6 Å². The fraction of sp³-hybridized carbons (Fsp3) is 0.400. The number of rotatable bonds is 0. The monoisotopic (exact) mass is 131 g/mol. The lowest BCUT2D eigenvalue weighted by Gasteiger charge is -1.85. The van der Waals surface area contributed by atoms with Gasteiger partial charge in [-0.15, -0.1) is 0 Å². The maximum absolute atomic E-state index is 10.5. The normalized spacial score (nSPS) is 25.4. The average molecular weight is 131 g/mol. The fourth-order valence-corrected chi connectivity index (χ4v) is 1.90. The van der Waals surface area contributed by atoms with Crippen LogP contribution in [0.1, 0.15) is 6.92 Å². The molecule has 1 rings (SSSR count). The maximum Gasteiger partial charge on any atom is 0.162 e. The largest absolute Gasteiger partial charge is 0.228 e. The van der Waals surface area contributed by atoms with E-state index in [2.05, 4.69) is 0 Å². The summed E-state index contributed by atoms with van der Waals surface area (Å²) in [5.41, 5.74) is 0.921. The molecule has 8 heavy (non-hydrogen) atoms. The van der Waals surface area contributed by atoms with Gasteiger partial charge >= 0.3 is 0 Å². The van der Waals surface area contributed by atoms with Gasteiger partial charge in [-0.3, -0.25) is 0 Å². The number of hydrogen-bond acceptors (Lipinski definition) is 2. The lowest BCUT2D eigenvalue weighted by Crippen LogP contribution is -1.97. The fourth-order valence-electron chi connectivity index (χ4n) is 0.633. The SMILES string of the molecule is CC1=C[CH]S(=O)(=O)C1. The van der Waals surface area contributed by atoms with E-state index in [4.69, 9.17) is 0 Å². The van der Waals surface area contributed by atoms with E-state index in [-0.39, 0.29) is 5.75 Å². The summed E-state index contributed by atoms with van der Waals surface area (Å²) >= 11 is 0. The Balaban J connectivity index is 2.85. The highest BCUT2D eigenvalue weighted by Crippen LogP contribution is 2.13. The zero-order valence-corrected chi connectivity index (χ0v) is 5.40. The average Bonchev–Trinajstić information content (AvgIpc) is 1.82. The second-order valence-corrected chi connectivity index (χ2v) is 3.84. The molecule has 2 nitrogen and oxygen atoms in total. The number of hydrogen-bond donors (Lipinski definition) is 0. The van der Waals surface area contributed by atoms with Crippen LogP contribution in [-0.2, 0) is 9.84 Å². The smallest absolute Gasteiger partial charge is 0.162 e. The standard InChI is InChI=1S/C5H7O2S/c1-5-2-3-8(6,7)4-5/h2-3H,4H2,1H3. The van der Waals surface area contributed by atoms with Crippen LogP contribution in [0.3, 0.4) is 0 Å². The highest BCUT2D eigenvalue weighted by Gasteiger charge is 2.16. The Kier molecular flexibility index (Phi) is 1.15. The van der Waals surface area contributed by atoms with Crippen molar-refractivity contribution in [2.24, 2.45) is 0 Å². The van der Waals surface area contributed by atoms with Gasteiger partial charge in [0.05, 0.1) is 5.75 Å². The maximum atomic E-state index is 10.5. The molecule has 0 aromatic carbocycles. The molecule has 0 spiro atoms. The lowest BCUT2D eigenvalue weighted by molar-refractivity contribution is 0.606. The molecule has 3 heteroatoms. The van der Waals surface area contributed by atoms with Crippen LogP contribution in [-0.4, -0.2) is 14.2 Å². The molecule has 1 heterocycles. The summed E-state index contributed by atoms with van der Waals surface area (Å²) < 4.78 is 21.1. The van der Waals surface area contributed by atoms with Crippen LogP contribution in [0.2, 0.25) is 0 Å². The van der Waals surface area contributed by atoms with Crippen molar-refractivity contribution >= 4 is 9.84 Å². The highest BCUT2D eigenvalue weighted by molar-refractivity contribution is 7.94. The van der Waals surface area contributed by atoms with E-state index < -0.39 is 9.84 Å². The van der Waals surface area contributed by atoms with E-state index in [0.717, 1.165) is 5.57 Å². The van der Waals surface area contributed by atoms with Crippen LogP contribution in [0, 0.1) is 5.75 Å². The predicted octanol–water partition coefficient (Wildman–Crippen LogP) is 0.523. The van der Waals surface area contributed by atoms with Gasteiger partial charge in [0.2, 0.25) is 0 Å². The van der Waals surface area contributed by atoms with Gasteiger partial charge < -0.3 is 0 Å². The first-order valence-corrected chi connectivity index (χ1v) is 4.05. The van der Waals surface area contributed by atoms with Crippen LogP contribution in [0.25, 0.3) is 0 Å². The minimum atomic E-state index is -2.81. The molecule has 1 aliphatic heterocycles. The van der Waals surface area contributed by atoms with Crippen molar-refractivity contribution in [3.8, 4) is 0 Å². The Labute approximate surface area is 49.1 Å². The molecule has 0 fully saturated rings. The van der Waals surface area contributed by atoms with Gasteiger partial charge in [0.15, 0.2) is 9.84 Å². The Hall–Kier alpha value is -0.310. The van der Waals surface area contributed by atoms with Gasteiger partial charge in [-0.05, 0) is 6.92 Å². The third kappa shape index (κ3) is 1.10. The third-order valence-electron chi connectivity index (χ3n) is 0.989. The minimum absolute atomic E-state index is 0.215. The van der Waals surface area contributed by atoms with Crippen LogP contribution in [0.4, 0.5) is 0 Å². The van der Waals surface area contributed by atoms with Crippen molar-refractivity contribution < 1.29 is 8.42 Å². The van der Waals surface area contributed by atoms with E-state index in [1.165, 1.54) is 5.75 Å². The van der Waals surface area contributed by atoms with Crippen molar-refractivity contribution in [1.82, 2.24) is 0 Å². The second kappa shape index (κ2) is 1.58. The molecule has 0 unspecified atom stereocenters. The van der Waals surface area contributed by atoms with E-state index in [0.29, 0.717) is 0 Å². The molecular formula is C5H7O2S. The van der Waals surface area contributed by atoms with E-state index in [1.54, 1.807) is 13.0 Å². The number of sulfone groups is 1. The zero-order chi connectivity index (χ0) is 6.20. The quantitative estimate of drug-likeness (QED) is 0.480. The van der Waals surface area contributed by atoms with Crippen LogP contribution >= 0.6 is 0 Å². The molecule has 0 aromatic heterocycles. The van der Waals surface area contributed by atoms with Gasteiger partial charge in [-0.1, -0.05) is 11.6 Å². The minimum Gasteiger partial charge on any atom is -0.228 e. The van der Waals surface area contributed by atoms with Gasteiger partial charge in [-0.25, -0.2) is 8.42 Å². The molecule has 0 amide bonds. The van der Waals surface area contributed by atoms with Crippen molar-refractivity contribution in [3.05, 3.63) is 17.4 Å². The zero-order valence-electron chi connectivity index (χ0n) is 4.59. The molecule has 0 aromatic rings. The summed E-state index contributed by atoms with van der Waals surface area (Å²) in [5, 5.41) is 0. The molecule has 0 N–H and O–H groups in total. The van der Waals surface area contributed by atoms with E-state index in [1.807, 2.05) is 0 Å². The summed E-state index contributed by atoms with van der Waals surface area (Å²) in [4.78, 5) is 0. The first-order valence-electron chi connectivity index (χ1n) is 2.33. The van der Waals surface area contributed by atoms with Crippen LogP contribution < -0.4 is 0 Å². The van der Waals surface area contributed by atoms with Crippen molar-refractivity contribution in [2.75, 3.05) is 5.75 Å². The summed E-state index contributed by atoms with van der Waals surface area (Å²) in [6, 6.07) is 0. The van der Waals surface area contributed by atoms with Gasteiger partial charge in [-0.2, -0.15) is 0 Å². The summed E-state index contributed by atoms with van der Waals surface area (Å²) in [6.45, 7) is 1.81. The molecular weight excluding hydrogens is 124 g/mol. The molecule has 45 valence electrons. The summed E-state index contributed by atoms with van der Waals surface area (Å²) in [7, 11) is -2.81. The first kappa shape index (κ1) is 5.82. The van der Waals surface area contributed by atoms with Crippen LogP contribution in [0.5, 0.6) is 0 Å². The molecule has 0 bridgehead atoms. The summed E-state index contributed by atoms with van der Waals surface area (Å²) in [5.74, 6) is 1.47. The van der Waals surface area contributed by atoms with Crippen molar-refractivity contribution in [2.45, 2.75) is 6.92 Å². The van der Waals surface area contributed by atoms with E-state index >= 15 is 0 Å². The Bertz CT molecular complexity index is 211. The highest BCUT2D eigenvalue weighted by atomic mass is 32.2. The molecule has 1 radical (unpaired) electrons. The van der Waals surface area contributed by atoms with Crippen molar-refractivity contribution in [3.63, 3.8) is 0 Å². The third-order valence-corrected chi connectivity index (χ3v) is 2.40. The molecule has 0 saturated heterocycles. The predicted molar refractivity (Wildman–Crippen MR) is 31.8 cm³/mol. The summed E-state index contributed by atoms with van der Waals surface area (Å²) in [6.07, 6.45) is 1.63. The van der Waals surface area contributed by atoms with E-state index in [9.17, 15) is 8.42 Å². The topological polar surface area (TPSA) is 34.1 Å². The second-order valence-electron chi connectivity index (χ2n) is 1.96. The van der Waals surface area contributed by atoms with Gasteiger partial charge in [0.1, 0.15) is 5.75 Å². The Morgan fingerprint density at radius 3 is 2.38 bits per heavy atom. The lowest BCUT2D eigenvalue weighted by atomic mass is 10.3. The molecule has 0 atom stereocenters. The molecule has 0 saturated carbocycles. The molecule has 0 aliphatic carbocycles. The molecule has 1 aliphatic rings. The van der Waals surface area contributed by atoms with Crippen molar-refractivity contribution in [1.29, 1.82) is 0 Å². The Morgan fingerprint density at radius 1 is 1.62 bits per heavy atom. The van der Waals surface area contributed by atoms with Gasteiger partial charge in [0.25, 0.3) is 0 Å². The first-order chi connectivity index (χ1) is 3.60.